The van der Waals surface area contributed by atoms with E-state index < -0.39 is 5.41 Å². The van der Waals surface area contributed by atoms with Crippen molar-refractivity contribution in [3.8, 4) is 0 Å². The summed E-state index contributed by atoms with van der Waals surface area (Å²) < 4.78 is 0. The third-order valence-corrected chi connectivity index (χ3v) is 5.17. The summed E-state index contributed by atoms with van der Waals surface area (Å²) in [6.07, 6.45) is 2.45. The van der Waals surface area contributed by atoms with Gasteiger partial charge in [-0.3, -0.25) is 20.4 Å². The maximum absolute atomic E-state index is 12.8. The number of rotatable bonds is 4. The third-order valence-electron chi connectivity index (χ3n) is 4.93. The maximum atomic E-state index is 12.8. The SMILES string of the molecule is CN(C)c1cccc(C(=O)NNC(=O)C2(c3cccc(Cl)c3)CCC2)c1. The van der Waals surface area contributed by atoms with Gasteiger partial charge in [-0.1, -0.05) is 36.2 Å². The van der Waals surface area contributed by atoms with E-state index in [0.29, 0.717) is 10.6 Å². The summed E-state index contributed by atoms with van der Waals surface area (Å²) in [5.74, 6) is -0.550. The highest BCUT2D eigenvalue weighted by Crippen LogP contribution is 2.44. The van der Waals surface area contributed by atoms with Gasteiger partial charge in [-0.15, -0.1) is 0 Å². The van der Waals surface area contributed by atoms with Gasteiger partial charge in [0.2, 0.25) is 5.91 Å². The smallest absolute Gasteiger partial charge is 0.269 e. The van der Waals surface area contributed by atoms with E-state index in [4.69, 9.17) is 11.6 Å². The average Bonchev–Trinajstić information content (AvgIpc) is 2.59. The monoisotopic (exact) mass is 371 g/mol. The number of anilines is 1. The number of amides is 2. The molecule has 2 amide bonds. The molecule has 0 radical (unpaired) electrons. The van der Waals surface area contributed by atoms with Crippen molar-refractivity contribution in [1.29, 1.82) is 0 Å². The van der Waals surface area contributed by atoms with Crippen molar-refractivity contribution in [3.05, 3.63) is 64.7 Å². The summed E-state index contributed by atoms with van der Waals surface area (Å²) in [5.41, 5.74) is 6.80. The first-order chi connectivity index (χ1) is 12.4. The van der Waals surface area contributed by atoms with Crippen molar-refractivity contribution in [1.82, 2.24) is 10.9 Å². The van der Waals surface area contributed by atoms with Gasteiger partial charge in [-0.25, -0.2) is 0 Å². The van der Waals surface area contributed by atoms with Gasteiger partial charge in [0.15, 0.2) is 0 Å². The largest absolute Gasteiger partial charge is 0.378 e. The lowest BCUT2D eigenvalue weighted by molar-refractivity contribution is -0.130. The van der Waals surface area contributed by atoms with E-state index in [0.717, 1.165) is 30.5 Å². The molecule has 2 aromatic rings. The zero-order valence-electron chi connectivity index (χ0n) is 14.9. The molecule has 1 fully saturated rings. The van der Waals surface area contributed by atoms with Crippen LogP contribution in [0, 0.1) is 0 Å². The Labute approximate surface area is 158 Å². The van der Waals surface area contributed by atoms with Gasteiger partial charge in [-0.05, 0) is 48.7 Å². The highest BCUT2D eigenvalue weighted by Gasteiger charge is 2.45. The first-order valence-corrected chi connectivity index (χ1v) is 8.94. The number of hydrazine groups is 1. The fourth-order valence-corrected chi connectivity index (χ4v) is 3.38. The highest BCUT2D eigenvalue weighted by molar-refractivity contribution is 6.30. The summed E-state index contributed by atoms with van der Waals surface area (Å²) in [6, 6.07) is 14.6. The molecule has 3 rings (SSSR count). The molecule has 0 aromatic heterocycles. The van der Waals surface area contributed by atoms with Gasteiger partial charge >= 0.3 is 0 Å². The topological polar surface area (TPSA) is 61.4 Å². The zero-order valence-corrected chi connectivity index (χ0v) is 15.6. The number of halogens is 1. The van der Waals surface area contributed by atoms with Gasteiger partial charge < -0.3 is 4.90 Å². The molecule has 0 atom stereocenters. The normalized spacial score (nSPS) is 14.9. The van der Waals surface area contributed by atoms with Crippen molar-refractivity contribution in [2.75, 3.05) is 19.0 Å². The van der Waals surface area contributed by atoms with Crippen LogP contribution in [-0.2, 0) is 10.2 Å². The first-order valence-electron chi connectivity index (χ1n) is 8.57. The molecule has 2 N–H and O–H groups in total. The van der Waals surface area contributed by atoms with Crippen LogP contribution in [0.5, 0.6) is 0 Å². The Morgan fingerprint density at radius 1 is 1.04 bits per heavy atom. The lowest BCUT2D eigenvalue weighted by Gasteiger charge is -2.40. The lowest BCUT2D eigenvalue weighted by Crippen LogP contribution is -2.54. The summed E-state index contributed by atoms with van der Waals surface area (Å²) in [4.78, 5) is 27.1. The number of nitrogens with one attached hydrogen (secondary N) is 2. The van der Waals surface area contributed by atoms with Crippen LogP contribution < -0.4 is 15.8 Å². The van der Waals surface area contributed by atoms with Crippen molar-refractivity contribution in [2.24, 2.45) is 0 Å². The van der Waals surface area contributed by atoms with Crippen LogP contribution >= 0.6 is 11.6 Å². The standard InChI is InChI=1S/C20H22ClN3O2/c1-24(2)17-9-3-6-14(12-17)18(25)22-23-19(26)20(10-5-11-20)15-7-4-8-16(21)13-15/h3-4,6-9,12-13H,5,10-11H2,1-2H3,(H,22,25)(H,23,26). The van der Waals surface area contributed by atoms with Crippen molar-refractivity contribution in [2.45, 2.75) is 24.7 Å². The minimum absolute atomic E-state index is 0.205. The summed E-state index contributed by atoms with van der Waals surface area (Å²) in [7, 11) is 3.81. The van der Waals surface area contributed by atoms with Gasteiger partial charge in [0.1, 0.15) is 0 Å². The summed E-state index contributed by atoms with van der Waals surface area (Å²) >= 11 is 6.08. The van der Waals surface area contributed by atoms with Crippen LogP contribution in [0.2, 0.25) is 5.02 Å². The number of benzene rings is 2. The molecule has 5 nitrogen and oxygen atoms in total. The molecule has 0 spiro atoms. The molecule has 2 aromatic carbocycles. The van der Waals surface area contributed by atoms with E-state index in [2.05, 4.69) is 10.9 Å². The fourth-order valence-electron chi connectivity index (χ4n) is 3.19. The Kier molecular flexibility index (Phi) is 5.18. The molecule has 136 valence electrons. The van der Waals surface area contributed by atoms with Crippen LogP contribution in [0.15, 0.2) is 48.5 Å². The Hall–Kier alpha value is -2.53. The van der Waals surface area contributed by atoms with Crippen LogP contribution in [0.25, 0.3) is 0 Å². The minimum Gasteiger partial charge on any atom is -0.378 e. The van der Waals surface area contributed by atoms with Gasteiger partial charge in [-0.2, -0.15) is 0 Å². The van der Waals surface area contributed by atoms with Crippen molar-refractivity contribution in [3.63, 3.8) is 0 Å². The molecular formula is C20H22ClN3O2. The van der Waals surface area contributed by atoms with Crippen LogP contribution in [-0.4, -0.2) is 25.9 Å². The molecule has 1 saturated carbocycles. The second kappa shape index (κ2) is 7.38. The first kappa shape index (κ1) is 18.3. The molecule has 26 heavy (non-hydrogen) atoms. The molecule has 1 aliphatic rings. The Morgan fingerprint density at radius 2 is 1.77 bits per heavy atom. The van der Waals surface area contributed by atoms with Crippen LogP contribution in [0.3, 0.4) is 0 Å². The number of hydrogen-bond donors (Lipinski definition) is 2. The van der Waals surface area contributed by atoms with E-state index in [1.807, 2.05) is 49.3 Å². The number of carbonyl (C=O) groups excluding carboxylic acids is 2. The zero-order chi connectivity index (χ0) is 18.7. The lowest BCUT2D eigenvalue weighted by atomic mass is 9.64. The molecule has 0 bridgehead atoms. The number of carbonyl (C=O) groups is 2. The molecular weight excluding hydrogens is 350 g/mol. The molecule has 6 heteroatoms. The molecule has 1 aliphatic carbocycles. The number of hydrogen-bond acceptors (Lipinski definition) is 3. The Morgan fingerprint density at radius 3 is 2.38 bits per heavy atom. The summed E-state index contributed by atoms with van der Waals surface area (Å²) in [6.45, 7) is 0. The fraction of sp³-hybridized carbons (Fsp3) is 0.300. The van der Waals surface area contributed by atoms with Crippen LogP contribution in [0.1, 0.15) is 35.2 Å². The second-order valence-corrected chi connectivity index (χ2v) is 7.24. The van der Waals surface area contributed by atoms with E-state index >= 15 is 0 Å². The third kappa shape index (κ3) is 3.53. The van der Waals surface area contributed by atoms with E-state index in [1.165, 1.54) is 0 Å². The van der Waals surface area contributed by atoms with E-state index in [1.54, 1.807) is 18.2 Å². The molecule has 0 aliphatic heterocycles. The predicted octanol–water partition coefficient (Wildman–Crippen LogP) is 3.29. The van der Waals surface area contributed by atoms with Gasteiger partial charge in [0.25, 0.3) is 5.91 Å². The van der Waals surface area contributed by atoms with Crippen molar-refractivity contribution < 1.29 is 9.59 Å². The molecule has 0 unspecified atom stereocenters. The van der Waals surface area contributed by atoms with Gasteiger partial charge in [0.05, 0.1) is 5.41 Å². The predicted molar refractivity (Wildman–Crippen MR) is 103 cm³/mol. The number of nitrogens with zero attached hydrogens (tertiary/aromatic N) is 1. The quantitative estimate of drug-likeness (QED) is 0.811. The van der Waals surface area contributed by atoms with Crippen LogP contribution in [0.4, 0.5) is 5.69 Å². The average molecular weight is 372 g/mol. The Bertz CT molecular complexity index is 831. The van der Waals surface area contributed by atoms with E-state index in [-0.39, 0.29) is 11.8 Å². The minimum atomic E-state index is -0.621. The summed E-state index contributed by atoms with van der Waals surface area (Å²) in [5, 5.41) is 0.603. The maximum Gasteiger partial charge on any atom is 0.269 e. The second-order valence-electron chi connectivity index (χ2n) is 6.80. The van der Waals surface area contributed by atoms with E-state index in [9.17, 15) is 9.59 Å². The highest BCUT2D eigenvalue weighted by atomic mass is 35.5. The van der Waals surface area contributed by atoms with Crippen molar-refractivity contribution >= 4 is 29.1 Å². The molecule has 0 saturated heterocycles. The molecule has 0 heterocycles. The Balaban J connectivity index is 1.70. The van der Waals surface area contributed by atoms with Gasteiger partial charge in [0, 0.05) is 30.4 Å².